The van der Waals surface area contributed by atoms with Gasteiger partial charge in [0.2, 0.25) is 5.91 Å². The molecular formula is C11H17NO4. The predicted octanol–water partition coefficient (Wildman–Crippen LogP) is 0.511. The van der Waals surface area contributed by atoms with Crippen molar-refractivity contribution >= 4 is 11.9 Å². The van der Waals surface area contributed by atoms with E-state index in [1.165, 1.54) is 6.08 Å². The average Bonchev–Trinajstić information content (AvgIpc) is 2.68. The molecule has 0 aromatic rings. The van der Waals surface area contributed by atoms with Gasteiger partial charge in [-0.15, -0.1) is 0 Å². The Morgan fingerprint density at radius 1 is 1.50 bits per heavy atom. The van der Waals surface area contributed by atoms with E-state index < -0.39 is 11.9 Å². The van der Waals surface area contributed by atoms with Crippen LogP contribution in [-0.4, -0.2) is 47.7 Å². The molecule has 90 valence electrons. The normalized spacial score (nSPS) is 24.9. The highest BCUT2D eigenvalue weighted by atomic mass is 16.5. The molecule has 0 spiro atoms. The largest absolute Gasteiger partial charge is 0.481 e. The lowest BCUT2D eigenvalue weighted by atomic mass is 10.0. The molecule has 1 aliphatic heterocycles. The molecule has 1 rings (SSSR count). The van der Waals surface area contributed by atoms with Gasteiger partial charge in [-0.1, -0.05) is 6.08 Å². The number of nitrogens with zero attached hydrogens (tertiary/aromatic N) is 1. The van der Waals surface area contributed by atoms with Gasteiger partial charge in [0.05, 0.1) is 19.3 Å². The number of rotatable bonds is 4. The lowest BCUT2D eigenvalue weighted by Crippen LogP contribution is -2.45. The second kappa shape index (κ2) is 5.65. The Morgan fingerprint density at radius 2 is 2.19 bits per heavy atom. The molecule has 1 heterocycles. The van der Waals surface area contributed by atoms with Crippen molar-refractivity contribution < 1.29 is 19.4 Å². The molecule has 1 aliphatic rings. The van der Waals surface area contributed by atoms with Crippen molar-refractivity contribution in [1.82, 2.24) is 4.90 Å². The van der Waals surface area contributed by atoms with Gasteiger partial charge < -0.3 is 14.7 Å². The number of amides is 1. The number of likely N-dealkylation sites (N-methyl/N-ethyl adjacent to an activating group) is 1. The van der Waals surface area contributed by atoms with E-state index in [9.17, 15) is 9.59 Å². The third-order valence-corrected chi connectivity index (χ3v) is 2.70. The molecule has 2 atom stereocenters. The highest BCUT2D eigenvalue weighted by Crippen LogP contribution is 2.20. The third-order valence-electron chi connectivity index (χ3n) is 2.70. The molecule has 0 bridgehead atoms. The fourth-order valence-corrected chi connectivity index (χ4v) is 1.88. The first-order valence-electron chi connectivity index (χ1n) is 5.35. The monoisotopic (exact) mass is 227 g/mol. The van der Waals surface area contributed by atoms with Crippen LogP contribution in [0.1, 0.15) is 13.8 Å². The summed E-state index contributed by atoms with van der Waals surface area (Å²) in [6.07, 6.45) is 3.09. The fourth-order valence-electron chi connectivity index (χ4n) is 1.88. The summed E-state index contributed by atoms with van der Waals surface area (Å²) in [5.74, 6) is -1.69. The van der Waals surface area contributed by atoms with Gasteiger partial charge in [-0.3, -0.25) is 9.59 Å². The Balaban J connectivity index is 2.79. The van der Waals surface area contributed by atoms with Gasteiger partial charge in [0.1, 0.15) is 5.92 Å². The summed E-state index contributed by atoms with van der Waals surface area (Å²) in [5.41, 5.74) is 0. The van der Waals surface area contributed by atoms with Crippen molar-refractivity contribution in [2.75, 3.05) is 19.8 Å². The molecule has 5 nitrogen and oxygen atoms in total. The van der Waals surface area contributed by atoms with Gasteiger partial charge >= 0.3 is 5.97 Å². The fraction of sp³-hybridized carbons (Fsp3) is 0.636. The van der Waals surface area contributed by atoms with Crippen LogP contribution in [0.3, 0.4) is 0 Å². The van der Waals surface area contributed by atoms with Crippen LogP contribution in [0.15, 0.2) is 12.2 Å². The first-order chi connectivity index (χ1) is 7.61. The Bertz CT molecular complexity index is 300. The standard InChI is InChI=1S/C11H17NO4/c1-3-5-10(13)12(4-2)9-7-16-6-8(9)11(14)15/h3,5,8-9H,4,6-7H2,1-2H3,(H,14,15). The zero-order valence-electron chi connectivity index (χ0n) is 9.55. The van der Waals surface area contributed by atoms with Crippen molar-refractivity contribution in [3.05, 3.63) is 12.2 Å². The van der Waals surface area contributed by atoms with Crippen LogP contribution in [-0.2, 0) is 14.3 Å². The van der Waals surface area contributed by atoms with E-state index in [0.29, 0.717) is 13.2 Å². The van der Waals surface area contributed by atoms with Gasteiger partial charge in [-0.05, 0) is 19.9 Å². The zero-order valence-corrected chi connectivity index (χ0v) is 9.55. The van der Waals surface area contributed by atoms with E-state index in [1.54, 1.807) is 17.9 Å². The minimum Gasteiger partial charge on any atom is -0.481 e. The van der Waals surface area contributed by atoms with Crippen LogP contribution in [0.4, 0.5) is 0 Å². The number of carbonyl (C=O) groups is 2. The molecule has 0 aliphatic carbocycles. The van der Waals surface area contributed by atoms with Crippen LogP contribution in [0, 0.1) is 5.92 Å². The number of carbonyl (C=O) groups excluding carboxylic acids is 1. The third kappa shape index (κ3) is 2.61. The van der Waals surface area contributed by atoms with Gasteiger partial charge in [-0.25, -0.2) is 0 Å². The summed E-state index contributed by atoms with van der Waals surface area (Å²) >= 11 is 0. The second-order valence-corrected chi connectivity index (χ2v) is 3.67. The topological polar surface area (TPSA) is 66.8 Å². The summed E-state index contributed by atoms with van der Waals surface area (Å²) in [4.78, 5) is 24.2. The predicted molar refractivity (Wildman–Crippen MR) is 57.9 cm³/mol. The molecule has 1 N–H and O–H groups in total. The number of carboxylic acid groups (broad SMARTS) is 1. The number of allylic oxidation sites excluding steroid dienone is 1. The number of ether oxygens (including phenoxy) is 1. The molecule has 0 aromatic carbocycles. The van der Waals surface area contributed by atoms with Crippen molar-refractivity contribution in [2.45, 2.75) is 19.9 Å². The van der Waals surface area contributed by atoms with Crippen molar-refractivity contribution in [2.24, 2.45) is 5.92 Å². The van der Waals surface area contributed by atoms with E-state index in [1.807, 2.05) is 6.92 Å². The summed E-state index contributed by atoms with van der Waals surface area (Å²) < 4.78 is 5.14. The molecule has 1 saturated heterocycles. The molecule has 2 unspecified atom stereocenters. The maximum absolute atomic E-state index is 11.7. The van der Waals surface area contributed by atoms with Crippen molar-refractivity contribution in [3.8, 4) is 0 Å². The first kappa shape index (κ1) is 12.7. The molecule has 16 heavy (non-hydrogen) atoms. The summed E-state index contributed by atoms with van der Waals surface area (Å²) in [6, 6.07) is -0.355. The minimum absolute atomic E-state index is 0.160. The summed E-state index contributed by atoms with van der Waals surface area (Å²) in [6.45, 7) is 4.55. The summed E-state index contributed by atoms with van der Waals surface area (Å²) in [7, 11) is 0. The highest BCUT2D eigenvalue weighted by molar-refractivity contribution is 5.88. The lowest BCUT2D eigenvalue weighted by Gasteiger charge is -2.28. The molecule has 0 aromatic heterocycles. The SMILES string of the molecule is CC=CC(=O)N(CC)C1COCC1C(=O)O. The van der Waals surface area contributed by atoms with Crippen LogP contribution < -0.4 is 0 Å². The van der Waals surface area contributed by atoms with E-state index in [-0.39, 0.29) is 18.6 Å². The summed E-state index contributed by atoms with van der Waals surface area (Å²) in [5, 5.41) is 9.00. The minimum atomic E-state index is -0.908. The molecule has 1 amide bonds. The van der Waals surface area contributed by atoms with Gasteiger partial charge in [0, 0.05) is 6.54 Å². The van der Waals surface area contributed by atoms with Crippen LogP contribution >= 0.6 is 0 Å². The quantitative estimate of drug-likeness (QED) is 0.711. The smallest absolute Gasteiger partial charge is 0.311 e. The number of hydrogen-bond acceptors (Lipinski definition) is 3. The highest BCUT2D eigenvalue weighted by Gasteiger charge is 2.38. The second-order valence-electron chi connectivity index (χ2n) is 3.67. The van der Waals surface area contributed by atoms with Crippen molar-refractivity contribution in [3.63, 3.8) is 0 Å². The number of carboxylic acids is 1. The molecule has 1 fully saturated rings. The van der Waals surface area contributed by atoms with E-state index in [4.69, 9.17) is 9.84 Å². The zero-order chi connectivity index (χ0) is 12.1. The maximum atomic E-state index is 11.7. The average molecular weight is 227 g/mol. The van der Waals surface area contributed by atoms with Crippen LogP contribution in [0.5, 0.6) is 0 Å². The van der Waals surface area contributed by atoms with E-state index in [0.717, 1.165) is 0 Å². The van der Waals surface area contributed by atoms with Gasteiger partial charge in [0.15, 0.2) is 0 Å². The van der Waals surface area contributed by atoms with E-state index >= 15 is 0 Å². The molecule has 0 saturated carbocycles. The Kier molecular flexibility index (Phi) is 4.49. The number of aliphatic carboxylic acids is 1. The Hall–Kier alpha value is -1.36. The Labute approximate surface area is 94.7 Å². The van der Waals surface area contributed by atoms with Gasteiger partial charge in [-0.2, -0.15) is 0 Å². The van der Waals surface area contributed by atoms with Gasteiger partial charge in [0.25, 0.3) is 0 Å². The molecular weight excluding hydrogens is 210 g/mol. The van der Waals surface area contributed by atoms with E-state index in [2.05, 4.69) is 0 Å². The maximum Gasteiger partial charge on any atom is 0.311 e. The van der Waals surface area contributed by atoms with Crippen molar-refractivity contribution in [1.29, 1.82) is 0 Å². The molecule has 0 radical (unpaired) electrons. The lowest BCUT2D eigenvalue weighted by molar-refractivity contribution is -0.144. The van der Waals surface area contributed by atoms with Crippen LogP contribution in [0.2, 0.25) is 0 Å². The number of hydrogen-bond donors (Lipinski definition) is 1. The first-order valence-corrected chi connectivity index (χ1v) is 5.35. The Morgan fingerprint density at radius 3 is 2.69 bits per heavy atom. The van der Waals surface area contributed by atoms with Crippen LogP contribution in [0.25, 0.3) is 0 Å². The molecule has 5 heteroatoms.